The minimum absolute atomic E-state index is 0.188. The third-order valence-electron chi connectivity index (χ3n) is 1.30. The minimum Gasteiger partial charge on any atom is -0.504 e. The van der Waals surface area contributed by atoms with Gasteiger partial charge in [0.1, 0.15) is 0 Å². The van der Waals surface area contributed by atoms with Crippen molar-refractivity contribution in [2.75, 3.05) is 7.04 Å². The predicted molar refractivity (Wildman–Crippen MR) is 44.0 cm³/mol. The smallest absolute Gasteiger partial charge is 0.161 e. The highest BCUT2D eigenvalue weighted by molar-refractivity contribution is 5.80. The average Bonchev–Trinajstić information content (AvgIpc) is 2.09. The van der Waals surface area contributed by atoms with E-state index in [9.17, 15) is 5.11 Å². The Morgan fingerprint density at radius 2 is 2.50 bits per heavy atom. The fourth-order valence-corrected chi connectivity index (χ4v) is 0.759. The van der Waals surface area contributed by atoms with Crippen molar-refractivity contribution in [3.05, 3.63) is 23.8 Å². The van der Waals surface area contributed by atoms with Gasteiger partial charge in [-0.1, -0.05) is 5.16 Å². The Hall–Kier alpha value is -1.71. The molecule has 0 unspecified atom stereocenters. The lowest BCUT2D eigenvalue weighted by Gasteiger charge is -2.02. The fraction of sp³-hybridized carbons (Fsp3) is 0.125. The van der Waals surface area contributed by atoms with E-state index in [1.54, 1.807) is 0 Å². The second-order valence-electron chi connectivity index (χ2n) is 2.07. The summed E-state index contributed by atoms with van der Waals surface area (Å²) >= 11 is 0. The second kappa shape index (κ2) is 3.61. The van der Waals surface area contributed by atoms with Gasteiger partial charge in [0.25, 0.3) is 0 Å². The molecular formula is C8H9NO3. The molecular weight excluding hydrogens is 158 g/mol. The van der Waals surface area contributed by atoms with Crippen molar-refractivity contribution in [1.29, 1.82) is 0 Å². The van der Waals surface area contributed by atoms with E-state index in [1.807, 2.05) is 0 Å². The normalized spacial score (nSPS) is 15.2. The van der Waals surface area contributed by atoms with Crippen LogP contribution in [0, 0.1) is 0 Å². The van der Waals surface area contributed by atoms with E-state index in [0.717, 1.165) is 6.21 Å². The van der Waals surface area contributed by atoms with E-state index in [4.69, 9.17) is 9.32 Å². The molecule has 0 saturated carbocycles. The van der Waals surface area contributed by atoms with E-state index in [1.165, 1.54) is 18.2 Å². The van der Waals surface area contributed by atoms with E-state index < -0.39 is 7.04 Å². The van der Waals surface area contributed by atoms with Gasteiger partial charge in [-0.2, -0.15) is 0 Å². The van der Waals surface area contributed by atoms with Crippen molar-refractivity contribution in [2.45, 2.75) is 0 Å². The number of oxime groups is 1. The van der Waals surface area contributed by atoms with Crippen LogP contribution in [0.5, 0.6) is 11.5 Å². The molecule has 0 aliphatic rings. The molecule has 2 N–H and O–H groups in total. The van der Waals surface area contributed by atoms with Crippen LogP contribution < -0.4 is 4.74 Å². The third kappa shape index (κ3) is 1.66. The largest absolute Gasteiger partial charge is 0.504 e. The van der Waals surface area contributed by atoms with Crippen molar-refractivity contribution in [3.8, 4) is 11.5 Å². The number of phenols is 1. The number of ether oxygens (including phenoxy) is 1. The van der Waals surface area contributed by atoms with Crippen molar-refractivity contribution in [2.24, 2.45) is 5.16 Å². The molecule has 1 aromatic rings. The number of hydrogen-bond acceptors (Lipinski definition) is 4. The molecule has 4 heteroatoms. The van der Waals surface area contributed by atoms with Crippen molar-refractivity contribution < 1.29 is 19.2 Å². The number of benzene rings is 1. The van der Waals surface area contributed by atoms with Gasteiger partial charge in [0, 0.05) is 5.56 Å². The number of rotatable bonds is 2. The quantitative estimate of drug-likeness (QED) is 0.398. The van der Waals surface area contributed by atoms with Gasteiger partial charge in [-0.3, -0.25) is 0 Å². The minimum atomic E-state index is -2.63. The SMILES string of the molecule is [2H]C([2H])([2H])Oc1cc(/C=N/O)ccc1O. The lowest BCUT2D eigenvalue weighted by Crippen LogP contribution is -1.86. The molecule has 0 bridgehead atoms. The molecule has 12 heavy (non-hydrogen) atoms. The fourth-order valence-electron chi connectivity index (χ4n) is 0.759. The van der Waals surface area contributed by atoms with Gasteiger partial charge in [-0.05, 0) is 18.2 Å². The van der Waals surface area contributed by atoms with Crippen LogP contribution in [0.1, 0.15) is 9.68 Å². The summed E-state index contributed by atoms with van der Waals surface area (Å²) in [4.78, 5) is 0. The van der Waals surface area contributed by atoms with Crippen LogP contribution in [0.25, 0.3) is 0 Å². The van der Waals surface area contributed by atoms with E-state index >= 15 is 0 Å². The zero-order chi connectivity index (χ0) is 11.5. The Kier molecular flexibility index (Phi) is 1.51. The summed E-state index contributed by atoms with van der Waals surface area (Å²) in [6, 6.07) is 3.95. The summed E-state index contributed by atoms with van der Waals surface area (Å²) in [6.45, 7) is 0. The molecule has 0 heterocycles. The van der Waals surface area contributed by atoms with E-state index in [0.29, 0.717) is 5.56 Å². The zero-order valence-corrected chi connectivity index (χ0v) is 6.06. The molecule has 0 amide bonds. The summed E-state index contributed by atoms with van der Waals surface area (Å²) in [5.41, 5.74) is 0.412. The van der Waals surface area contributed by atoms with Crippen molar-refractivity contribution >= 4 is 6.21 Å². The summed E-state index contributed by atoms with van der Waals surface area (Å²) < 4.78 is 25.1. The van der Waals surface area contributed by atoms with Crippen LogP contribution in [-0.4, -0.2) is 23.6 Å². The van der Waals surface area contributed by atoms with Crippen LogP contribution >= 0.6 is 0 Å². The molecule has 1 aromatic carbocycles. The average molecular weight is 170 g/mol. The first kappa shape index (κ1) is 5.03. The van der Waals surface area contributed by atoms with Gasteiger partial charge < -0.3 is 15.1 Å². The Morgan fingerprint density at radius 3 is 3.17 bits per heavy atom. The van der Waals surface area contributed by atoms with Crippen LogP contribution in [0.2, 0.25) is 0 Å². The molecule has 0 aromatic heterocycles. The molecule has 0 radical (unpaired) electrons. The summed E-state index contributed by atoms with van der Waals surface area (Å²) in [5.74, 6) is -0.478. The van der Waals surface area contributed by atoms with Gasteiger partial charge in [0.2, 0.25) is 0 Å². The first-order chi connectivity index (χ1) is 6.92. The third-order valence-corrected chi connectivity index (χ3v) is 1.30. The van der Waals surface area contributed by atoms with Gasteiger partial charge in [-0.25, -0.2) is 0 Å². The monoisotopic (exact) mass is 170 g/mol. The maximum absolute atomic E-state index is 9.28. The predicted octanol–water partition coefficient (Wildman–Crippen LogP) is 1.21. The van der Waals surface area contributed by atoms with E-state index in [2.05, 4.69) is 9.89 Å². The number of hydrogen-bond donors (Lipinski definition) is 2. The number of aromatic hydroxyl groups is 1. The second-order valence-corrected chi connectivity index (χ2v) is 2.07. The van der Waals surface area contributed by atoms with Crippen LogP contribution in [0.15, 0.2) is 23.4 Å². The van der Waals surface area contributed by atoms with Gasteiger partial charge in [0.15, 0.2) is 11.5 Å². The Labute approximate surface area is 73.9 Å². The number of nitrogens with zero attached hydrogens (tertiary/aromatic N) is 1. The highest BCUT2D eigenvalue weighted by Gasteiger charge is 2.00. The molecule has 0 aliphatic heterocycles. The maximum atomic E-state index is 9.28. The molecule has 0 fully saturated rings. The molecule has 0 aliphatic carbocycles. The number of methoxy groups -OCH3 is 1. The van der Waals surface area contributed by atoms with Gasteiger partial charge in [-0.15, -0.1) is 0 Å². The standard InChI is InChI=1S/C8H9NO3/c1-12-8-4-6(5-9-11)2-3-7(8)10/h2-5,10-11H,1H3/b9-5+/i1D3. The van der Waals surface area contributed by atoms with Crippen LogP contribution in [0.3, 0.4) is 0 Å². The summed E-state index contributed by atoms with van der Waals surface area (Å²) in [5, 5.41) is 20.3. The molecule has 4 nitrogen and oxygen atoms in total. The van der Waals surface area contributed by atoms with Gasteiger partial charge >= 0.3 is 0 Å². The summed E-state index contributed by atoms with van der Waals surface area (Å²) in [7, 11) is -2.63. The molecule has 64 valence electrons. The molecule has 0 atom stereocenters. The highest BCUT2D eigenvalue weighted by atomic mass is 16.5. The molecule has 0 spiro atoms. The first-order valence-corrected chi connectivity index (χ1v) is 3.12. The molecule has 0 saturated heterocycles. The Bertz CT molecular complexity index is 376. The molecule has 1 rings (SSSR count). The van der Waals surface area contributed by atoms with Gasteiger partial charge in [0.05, 0.1) is 17.4 Å². The Morgan fingerprint density at radius 1 is 1.67 bits per heavy atom. The summed E-state index contributed by atoms with van der Waals surface area (Å²) in [6.07, 6.45) is 1.09. The van der Waals surface area contributed by atoms with Crippen LogP contribution in [0.4, 0.5) is 0 Å². The maximum Gasteiger partial charge on any atom is 0.161 e. The lowest BCUT2D eigenvalue weighted by atomic mass is 10.2. The highest BCUT2D eigenvalue weighted by Crippen LogP contribution is 2.25. The first-order valence-electron chi connectivity index (χ1n) is 4.62. The van der Waals surface area contributed by atoms with Crippen molar-refractivity contribution in [1.82, 2.24) is 0 Å². The van der Waals surface area contributed by atoms with Crippen molar-refractivity contribution in [3.63, 3.8) is 0 Å². The van der Waals surface area contributed by atoms with E-state index in [-0.39, 0.29) is 11.5 Å². The zero-order valence-electron chi connectivity index (χ0n) is 9.06. The lowest BCUT2D eigenvalue weighted by molar-refractivity contribution is 0.322. The number of phenolic OH excluding ortho intramolecular Hbond substituents is 1. The Balaban J connectivity index is 3.00. The topological polar surface area (TPSA) is 62.0 Å². The van der Waals surface area contributed by atoms with Crippen LogP contribution in [-0.2, 0) is 0 Å².